The molecule has 10 heteroatoms. The number of nitrogens with zero attached hydrogens (tertiary/aromatic N) is 4. The largest absolute Gasteiger partial charge is 0.439 e. The molecule has 1 aliphatic rings. The Morgan fingerprint density at radius 3 is 2.44 bits per heavy atom. The van der Waals surface area contributed by atoms with Gasteiger partial charge in [-0.05, 0) is 36.5 Å². The SMILES string of the molecule is CCCCc1nc(C)c(CCC(=S)N2CCOCC2)c(=O)n1Cc1ccc(-c2ccccc2-c2noc(=O)[nH]2)cc1. The van der Waals surface area contributed by atoms with E-state index in [1.807, 2.05) is 60.0 Å². The number of benzene rings is 2. The molecule has 4 aromatic rings. The summed E-state index contributed by atoms with van der Waals surface area (Å²) in [4.78, 5) is 36.0. The first kappa shape index (κ1) is 28.6. The van der Waals surface area contributed by atoms with Crippen LogP contribution in [-0.4, -0.2) is 55.9 Å². The molecule has 1 fully saturated rings. The zero-order valence-electron chi connectivity index (χ0n) is 23.5. The molecule has 0 spiro atoms. The molecule has 2 aromatic heterocycles. The van der Waals surface area contributed by atoms with Crippen LogP contribution in [0.25, 0.3) is 22.5 Å². The molecule has 9 nitrogen and oxygen atoms in total. The van der Waals surface area contributed by atoms with Crippen molar-refractivity contribution in [3.05, 3.63) is 92.1 Å². The average molecular weight is 574 g/mol. The summed E-state index contributed by atoms with van der Waals surface area (Å²) in [6.07, 6.45) is 3.95. The molecular formula is C31H35N5O4S. The van der Waals surface area contributed by atoms with Gasteiger partial charge < -0.3 is 9.64 Å². The Bertz CT molecular complexity index is 1620. The van der Waals surface area contributed by atoms with Crippen LogP contribution in [0.4, 0.5) is 0 Å². The van der Waals surface area contributed by atoms with E-state index < -0.39 is 5.76 Å². The average Bonchev–Trinajstić information content (AvgIpc) is 3.44. The maximum Gasteiger partial charge on any atom is 0.439 e. The Balaban J connectivity index is 1.40. The summed E-state index contributed by atoms with van der Waals surface area (Å²) in [5.74, 6) is 0.606. The van der Waals surface area contributed by atoms with Gasteiger partial charge in [-0.25, -0.2) is 9.78 Å². The fourth-order valence-corrected chi connectivity index (χ4v) is 5.48. The van der Waals surface area contributed by atoms with Crippen molar-refractivity contribution in [2.75, 3.05) is 26.3 Å². The van der Waals surface area contributed by atoms with Gasteiger partial charge in [0.05, 0.1) is 24.7 Å². The Hall–Kier alpha value is -3.89. The molecule has 5 rings (SSSR count). The quantitative estimate of drug-likeness (QED) is 0.276. The van der Waals surface area contributed by atoms with Crippen LogP contribution in [0.1, 0.15) is 48.8 Å². The van der Waals surface area contributed by atoms with Crippen molar-refractivity contribution in [1.29, 1.82) is 0 Å². The predicted octanol–water partition coefficient (Wildman–Crippen LogP) is 4.55. The number of morpholine rings is 1. The van der Waals surface area contributed by atoms with Crippen molar-refractivity contribution in [3.63, 3.8) is 0 Å². The minimum absolute atomic E-state index is 0.0118. The molecule has 0 radical (unpaired) electrons. The van der Waals surface area contributed by atoms with Crippen molar-refractivity contribution >= 4 is 17.2 Å². The number of unbranched alkanes of at least 4 members (excludes halogenated alkanes) is 1. The molecule has 41 heavy (non-hydrogen) atoms. The summed E-state index contributed by atoms with van der Waals surface area (Å²) in [6, 6.07) is 15.8. The fourth-order valence-electron chi connectivity index (χ4n) is 5.20. The summed E-state index contributed by atoms with van der Waals surface area (Å²) in [6.45, 7) is 7.47. The molecule has 2 aromatic carbocycles. The number of hydrogen-bond donors (Lipinski definition) is 1. The lowest BCUT2D eigenvalue weighted by Crippen LogP contribution is -2.40. The van der Waals surface area contributed by atoms with Gasteiger partial charge in [0.25, 0.3) is 5.56 Å². The zero-order valence-corrected chi connectivity index (χ0v) is 24.3. The highest BCUT2D eigenvalue weighted by molar-refractivity contribution is 7.80. The third kappa shape index (κ3) is 6.71. The number of rotatable bonds is 10. The second-order valence-electron chi connectivity index (χ2n) is 10.3. The lowest BCUT2D eigenvalue weighted by molar-refractivity contribution is 0.0683. The standard InChI is InChI=1S/C31H35N5O4S/c1-3-4-9-27-32-21(2)24(14-15-28(41)35-16-18-39-19-17-35)30(37)36(27)20-22-10-12-23(13-11-22)25-7-5-6-8-26(25)29-33-31(38)40-34-29/h5-8,10-13H,3-4,9,14-20H2,1-2H3,(H,33,34,38). The molecule has 0 unspecified atom stereocenters. The Morgan fingerprint density at radius 1 is 1.02 bits per heavy atom. The Morgan fingerprint density at radius 2 is 1.76 bits per heavy atom. The van der Waals surface area contributed by atoms with Gasteiger partial charge in [-0.1, -0.05) is 79.3 Å². The Labute approximate surface area is 244 Å². The van der Waals surface area contributed by atoms with Gasteiger partial charge >= 0.3 is 5.76 Å². The van der Waals surface area contributed by atoms with Crippen LogP contribution in [0.15, 0.2) is 62.6 Å². The first-order chi connectivity index (χ1) is 19.9. The first-order valence-electron chi connectivity index (χ1n) is 14.1. The van der Waals surface area contributed by atoms with Gasteiger partial charge in [0.2, 0.25) is 0 Å². The van der Waals surface area contributed by atoms with E-state index >= 15 is 0 Å². The van der Waals surface area contributed by atoms with Gasteiger partial charge in [-0.15, -0.1) is 0 Å². The molecule has 0 atom stereocenters. The van der Waals surface area contributed by atoms with Crippen LogP contribution in [0, 0.1) is 6.92 Å². The fraction of sp³-hybridized carbons (Fsp3) is 0.387. The van der Waals surface area contributed by atoms with E-state index in [0.717, 1.165) is 76.7 Å². The second kappa shape index (κ2) is 13.2. The van der Waals surface area contributed by atoms with E-state index in [1.54, 1.807) is 0 Å². The first-order valence-corrected chi connectivity index (χ1v) is 14.5. The molecule has 0 amide bonds. The molecule has 3 heterocycles. The number of aryl methyl sites for hydroxylation is 2. The van der Waals surface area contributed by atoms with Crippen molar-refractivity contribution < 1.29 is 9.26 Å². The van der Waals surface area contributed by atoms with Crippen LogP contribution in [0.2, 0.25) is 0 Å². The number of aromatic amines is 1. The third-order valence-corrected chi connectivity index (χ3v) is 7.95. The van der Waals surface area contributed by atoms with Crippen molar-refractivity contribution in [1.82, 2.24) is 24.6 Å². The van der Waals surface area contributed by atoms with E-state index in [4.69, 9.17) is 26.5 Å². The van der Waals surface area contributed by atoms with E-state index in [9.17, 15) is 9.59 Å². The summed E-state index contributed by atoms with van der Waals surface area (Å²) in [5.41, 5.74) is 5.18. The summed E-state index contributed by atoms with van der Waals surface area (Å²) >= 11 is 5.69. The highest BCUT2D eigenvalue weighted by Gasteiger charge is 2.18. The molecule has 1 N–H and O–H groups in total. The van der Waals surface area contributed by atoms with Gasteiger partial charge in [-0.2, -0.15) is 0 Å². The van der Waals surface area contributed by atoms with Crippen LogP contribution in [-0.2, 0) is 24.1 Å². The van der Waals surface area contributed by atoms with Crippen LogP contribution < -0.4 is 11.3 Å². The predicted molar refractivity (Wildman–Crippen MR) is 162 cm³/mol. The van der Waals surface area contributed by atoms with E-state index in [2.05, 4.69) is 22.0 Å². The van der Waals surface area contributed by atoms with Crippen LogP contribution in [0.3, 0.4) is 0 Å². The highest BCUT2D eigenvalue weighted by Crippen LogP contribution is 2.30. The Kier molecular flexibility index (Phi) is 9.21. The number of hydrogen-bond acceptors (Lipinski definition) is 7. The maximum absolute atomic E-state index is 13.9. The number of thiocarbonyl (C=S) groups is 1. The van der Waals surface area contributed by atoms with Gasteiger partial charge in [0, 0.05) is 42.8 Å². The summed E-state index contributed by atoms with van der Waals surface area (Å²) in [7, 11) is 0. The van der Waals surface area contributed by atoms with E-state index in [-0.39, 0.29) is 5.56 Å². The smallest absolute Gasteiger partial charge is 0.378 e. The molecule has 214 valence electrons. The maximum atomic E-state index is 13.9. The normalized spacial score (nSPS) is 13.5. The van der Waals surface area contributed by atoms with Crippen LogP contribution in [0.5, 0.6) is 0 Å². The highest BCUT2D eigenvalue weighted by atomic mass is 32.1. The summed E-state index contributed by atoms with van der Waals surface area (Å²) in [5, 5.41) is 3.85. The van der Waals surface area contributed by atoms with Crippen LogP contribution >= 0.6 is 12.2 Å². The van der Waals surface area contributed by atoms with Gasteiger partial charge in [0.1, 0.15) is 5.82 Å². The molecule has 0 aliphatic carbocycles. The molecule has 1 aliphatic heterocycles. The molecular weight excluding hydrogens is 538 g/mol. The molecule has 0 saturated carbocycles. The van der Waals surface area contributed by atoms with Crippen molar-refractivity contribution in [2.24, 2.45) is 0 Å². The minimum Gasteiger partial charge on any atom is -0.378 e. The number of aromatic nitrogens is 4. The topological polar surface area (TPSA) is 106 Å². The van der Waals surface area contributed by atoms with E-state index in [0.29, 0.717) is 38.4 Å². The third-order valence-electron chi connectivity index (χ3n) is 7.48. The lowest BCUT2D eigenvalue weighted by atomic mass is 9.98. The van der Waals surface area contributed by atoms with Crippen molar-refractivity contribution in [2.45, 2.75) is 52.5 Å². The monoisotopic (exact) mass is 573 g/mol. The summed E-state index contributed by atoms with van der Waals surface area (Å²) < 4.78 is 12.0. The molecule has 1 saturated heterocycles. The van der Waals surface area contributed by atoms with Gasteiger partial charge in [-0.3, -0.25) is 18.9 Å². The number of ether oxygens (including phenoxy) is 1. The lowest BCUT2D eigenvalue weighted by Gasteiger charge is -2.29. The second-order valence-corrected chi connectivity index (χ2v) is 10.7. The molecule has 0 bridgehead atoms. The van der Waals surface area contributed by atoms with Crippen molar-refractivity contribution in [3.8, 4) is 22.5 Å². The minimum atomic E-state index is -0.594. The number of nitrogens with one attached hydrogen (secondary N) is 1. The van der Waals surface area contributed by atoms with Gasteiger partial charge in [0.15, 0.2) is 5.82 Å². The van der Waals surface area contributed by atoms with E-state index in [1.165, 1.54) is 0 Å². The number of H-pyrrole nitrogens is 1. The zero-order chi connectivity index (χ0) is 28.8.